The number of para-hydroxylation sites is 9. The van der Waals surface area contributed by atoms with E-state index in [2.05, 4.69) is 478 Å². The van der Waals surface area contributed by atoms with E-state index in [9.17, 15) is 0 Å². The summed E-state index contributed by atoms with van der Waals surface area (Å²) >= 11 is 1.92. The lowest BCUT2D eigenvalue weighted by atomic mass is 9.31. The number of anilines is 15. The first-order chi connectivity index (χ1) is 58.1. The number of hydrogen-bond acceptors (Lipinski definition) is 6. The standard InChI is InChI=1S/C112H97B2N5S/c1-109(2,3)78-60-52-74(53-61-78)88-42-25-29-48-96(88)116(84-38-21-15-22-39-84)86-68-101-106-102(69-86)119(108-90(76-56-64-80(65-57-76)111(7,8)9)44-33-45-91(108)77-58-66-81(67-59-77)112(10,11)12)100-73-104-95(72-94(100)113(106)93-47-28-32-51-99(93)118(101)97-49-30-26-43-89(97)75-54-62-79(63-55-75)110(4,5)6)114-92-46-27-31-50-98(92)117(85-40-23-16-24-41-85)103-70-87(71-105(120-104)107(103)114)115(82-34-17-13-18-35-82)83-36-19-14-20-37-83/h13-73H,1-12H3. The van der Waals surface area contributed by atoms with Gasteiger partial charge in [-0.2, -0.15) is 0 Å². The molecule has 0 amide bonds. The highest BCUT2D eigenvalue weighted by atomic mass is 32.2. The van der Waals surface area contributed by atoms with Crippen LogP contribution in [-0.2, 0) is 21.7 Å². The molecule has 120 heavy (non-hydrogen) atoms. The summed E-state index contributed by atoms with van der Waals surface area (Å²) in [6, 6.07) is 141. The van der Waals surface area contributed by atoms with Crippen LogP contribution in [0.1, 0.15) is 105 Å². The maximum Gasteiger partial charge on any atom is 0.252 e. The van der Waals surface area contributed by atoms with Crippen LogP contribution in [0.5, 0.6) is 0 Å². The van der Waals surface area contributed by atoms with Crippen LogP contribution in [0, 0.1) is 0 Å². The van der Waals surface area contributed by atoms with Gasteiger partial charge in [0.1, 0.15) is 0 Å². The second-order valence-electron chi connectivity index (χ2n) is 36.9. The van der Waals surface area contributed by atoms with Crippen LogP contribution in [0.25, 0.3) is 44.5 Å². The summed E-state index contributed by atoms with van der Waals surface area (Å²) in [6.07, 6.45) is 0. The Morgan fingerprint density at radius 1 is 0.233 bits per heavy atom. The number of rotatable bonds is 13. The number of fused-ring (bicyclic) bond motifs is 8. The predicted molar refractivity (Wildman–Crippen MR) is 516 cm³/mol. The monoisotopic (exact) mass is 1570 g/mol. The van der Waals surface area contributed by atoms with Crippen LogP contribution in [0.4, 0.5) is 85.3 Å². The van der Waals surface area contributed by atoms with Crippen molar-refractivity contribution in [2.45, 2.75) is 115 Å². The van der Waals surface area contributed by atoms with Gasteiger partial charge in [0, 0.05) is 94.6 Å². The molecule has 0 aliphatic carbocycles. The van der Waals surface area contributed by atoms with Gasteiger partial charge in [0.05, 0.1) is 22.7 Å². The fourth-order valence-corrected chi connectivity index (χ4v) is 20.2. The molecule has 4 aliphatic rings. The quantitative estimate of drug-likeness (QED) is 0.106. The maximum atomic E-state index is 2.76. The molecule has 0 aromatic heterocycles. The molecule has 16 aromatic carbocycles. The Bertz CT molecular complexity index is 6490. The lowest BCUT2D eigenvalue weighted by Gasteiger charge is -2.47. The highest BCUT2D eigenvalue weighted by Crippen LogP contribution is 2.56. The third kappa shape index (κ3) is 13.2. The lowest BCUT2D eigenvalue weighted by Crippen LogP contribution is -2.64. The zero-order chi connectivity index (χ0) is 82.1. The molecule has 0 bridgehead atoms. The average Bonchev–Trinajstić information content (AvgIpc) is 0.684. The van der Waals surface area contributed by atoms with Gasteiger partial charge in [-0.3, -0.25) is 0 Å². The molecule has 0 N–H and O–H groups in total. The summed E-state index contributed by atoms with van der Waals surface area (Å²) in [5, 5.41) is 0. The first kappa shape index (κ1) is 75.7. The van der Waals surface area contributed by atoms with Gasteiger partial charge in [-0.1, -0.05) is 367 Å². The molecule has 0 fully saturated rings. The first-order valence-corrected chi connectivity index (χ1v) is 43.3. The van der Waals surface area contributed by atoms with E-state index in [1.54, 1.807) is 0 Å². The smallest absolute Gasteiger partial charge is 0.252 e. The SMILES string of the molecule is CC(C)(C)c1ccc(-c2ccccc2N(c2ccccc2)c2cc3c4c(c2)N(c2c(-c5ccc(C(C)(C)C)cc5)cccc2-c2ccc(C(C)(C)C)cc2)c2cc5c(cc2B4c2ccccc2N3c2ccccc2-c2ccc(C(C)(C)C)cc2)B2c3ccccc3N(c3ccccc3)c3cc(N(c4ccccc4)c4ccccc4)cc(c32)S5)cc1. The minimum Gasteiger partial charge on any atom is -0.311 e. The molecule has 5 nitrogen and oxygen atoms in total. The molecule has 0 saturated carbocycles. The van der Waals surface area contributed by atoms with E-state index < -0.39 is 0 Å². The van der Waals surface area contributed by atoms with Gasteiger partial charge in [-0.25, -0.2) is 0 Å². The molecular formula is C112H97B2N5S. The minimum absolute atomic E-state index is 0.0292. The van der Waals surface area contributed by atoms with E-state index in [0.29, 0.717) is 0 Å². The molecule has 4 aliphatic heterocycles. The topological polar surface area (TPSA) is 16.2 Å². The van der Waals surface area contributed by atoms with Gasteiger partial charge in [-0.15, -0.1) is 0 Å². The van der Waals surface area contributed by atoms with Crippen molar-refractivity contribution in [3.8, 4) is 44.5 Å². The third-order valence-corrected chi connectivity index (χ3v) is 26.2. The third-order valence-electron chi connectivity index (χ3n) is 25.1. The fraction of sp³-hybridized carbons (Fsp3) is 0.143. The van der Waals surface area contributed by atoms with Crippen molar-refractivity contribution < 1.29 is 0 Å². The number of nitrogens with zero attached hydrogens (tertiary/aromatic N) is 5. The van der Waals surface area contributed by atoms with Crippen LogP contribution in [0.3, 0.4) is 0 Å². The maximum absolute atomic E-state index is 2.76. The van der Waals surface area contributed by atoms with Crippen molar-refractivity contribution >= 4 is 143 Å². The lowest BCUT2D eigenvalue weighted by molar-refractivity contribution is 0.590. The van der Waals surface area contributed by atoms with Gasteiger partial charge in [0.2, 0.25) is 6.71 Å². The van der Waals surface area contributed by atoms with Crippen molar-refractivity contribution in [3.63, 3.8) is 0 Å². The summed E-state index contributed by atoms with van der Waals surface area (Å²) in [6.45, 7) is 27.3. The summed E-state index contributed by atoms with van der Waals surface area (Å²) in [5.74, 6) is 0. The normalized spacial score (nSPS) is 13.2. The Morgan fingerprint density at radius 2 is 0.600 bits per heavy atom. The van der Waals surface area contributed by atoms with E-state index in [0.717, 1.165) is 130 Å². The Morgan fingerprint density at radius 3 is 1.09 bits per heavy atom. The second-order valence-corrected chi connectivity index (χ2v) is 38.0. The van der Waals surface area contributed by atoms with E-state index in [1.807, 2.05) is 11.8 Å². The van der Waals surface area contributed by atoms with Crippen molar-refractivity contribution in [1.29, 1.82) is 0 Å². The van der Waals surface area contributed by atoms with Crippen LogP contribution in [-0.4, -0.2) is 13.4 Å². The molecule has 16 aromatic rings. The molecular weight excluding hydrogens is 1470 g/mol. The zero-order valence-electron chi connectivity index (χ0n) is 70.5. The highest BCUT2D eigenvalue weighted by molar-refractivity contribution is 8.00. The Balaban J connectivity index is 0.931. The van der Waals surface area contributed by atoms with E-state index >= 15 is 0 Å². The van der Waals surface area contributed by atoms with Gasteiger partial charge in [-0.05, 0) is 197 Å². The van der Waals surface area contributed by atoms with Gasteiger partial charge in [0.25, 0.3) is 6.71 Å². The van der Waals surface area contributed by atoms with Gasteiger partial charge >= 0.3 is 0 Å². The molecule has 0 saturated heterocycles. The zero-order valence-corrected chi connectivity index (χ0v) is 71.3. The van der Waals surface area contributed by atoms with Crippen molar-refractivity contribution in [1.82, 2.24) is 0 Å². The minimum atomic E-state index is -0.281. The fourth-order valence-electron chi connectivity index (χ4n) is 19.0. The molecule has 0 radical (unpaired) electrons. The second kappa shape index (κ2) is 29.5. The largest absolute Gasteiger partial charge is 0.311 e. The Kier molecular flexibility index (Phi) is 18.6. The summed E-state index contributed by atoms with van der Waals surface area (Å²) in [5.41, 5.74) is 38.1. The molecule has 8 heteroatoms. The summed E-state index contributed by atoms with van der Waals surface area (Å²) < 4.78 is 0. The van der Waals surface area contributed by atoms with Crippen molar-refractivity contribution in [2.24, 2.45) is 0 Å². The van der Waals surface area contributed by atoms with E-state index in [-0.39, 0.29) is 35.1 Å². The van der Waals surface area contributed by atoms with Crippen LogP contribution in [0.2, 0.25) is 0 Å². The van der Waals surface area contributed by atoms with E-state index in [4.69, 9.17) is 0 Å². The van der Waals surface area contributed by atoms with Gasteiger partial charge in [0.15, 0.2) is 0 Å². The van der Waals surface area contributed by atoms with Crippen LogP contribution < -0.4 is 57.3 Å². The van der Waals surface area contributed by atoms with Crippen molar-refractivity contribution in [3.05, 3.63) is 392 Å². The van der Waals surface area contributed by atoms with Crippen LogP contribution in [0.15, 0.2) is 380 Å². The summed E-state index contributed by atoms with van der Waals surface area (Å²) in [7, 11) is 0. The highest BCUT2D eigenvalue weighted by Gasteiger charge is 2.49. The Hall–Kier alpha value is -13.0. The first-order valence-electron chi connectivity index (χ1n) is 42.4. The summed E-state index contributed by atoms with van der Waals surface area (Å²) in [4.78, 5) is 15.4. The molecule has 0 spiro atoms. The molecule has 4 heterocycles. The van der Waals surface area contributed by atoms with Gasteiger partial charge < -0.3 is 24.5 Å². The molecule has 20 rings (SSSR count). The average molecular weight is 1570 g/mol. The van der Waals surface area contributed by atoms with Crippen molar-refractivity contribution in [2.75, 3.05) is 24.5 Å². The number of hydrogen-bond donors (Lipinski definition) is 0. The van der Waals surface area contributed by atoms with Crippen LogP contribution >= 0.6 is 11.8 Å². The Labute approximate surface area is 714 Å². The molecule has 0 atom stereocenters. The predicted octanol–water partition coefficient (Wildman–Crippen LogP) is 27.3. The van der Waals surface area contributed by atoms with E-state index in [1.165, 1.54) is 64.8 Å². The molecule has 582 valence electrons. The number of benzene rings is 16. The molecule has 0 unspecified atom stereocenters.